The monoisotopic (exact) mass is 372 g/mol. The fourth-order valence-corrected chi connectivity index (χ4v) is 2.77. The summed E-state index contributed by atoms with van der Waals surface area (Å²) in [5.41, 5.74) is 1.00. The molecule has 5 heteroatoms. The Kier molecular flexibility index (Phi) is 4.97. The summed E-state index contributed by atoms with van der Waals surface area (Å²) in [5.74, 6) is 0.998. The van der Waals surface area contributed by atoms with Crippen molar-refractivity contribution in [2.75, 3.05) is 0 Å². The number of halogens is 2. The smallest absolute Gasteiger partial charge is 0.105 e. The summed E-state index contributed by atoms with van der Waals surface area (Å²) >= 11 is 6.90. The molecule has 2 rings (SSSR count). The third kappa shape index (κ3) is 3.93. The lowest BCUT2D eigenvalue weighted by atomic mass is 10.2. The molecule has 3 nitrogen and oxygen atoms in total. The molecular weight excluding hydrogens is 360 g/mol. The summed E-state index contributed by atoms with van der Waals surface area (Å²) in [6.07, 6.45) is 4.38. The van der Waals surface area contributed by atoms with Crippen LogP contribution in [0.3, 0.4) is 0 Å². The molecule has 0 amide bonds. The molecule has 2 aromatic rings. The molecule has 2 heterocycles. The Hall–Kier alpha value is -0.650. The lowest BCUT2D eigenvalue weighted by Gasteiger charge is -2.12. The number of furan rings is 1. The van der Waals surface area contributed by atoms with Crippen molar-refractivity contribution in [3.8, 4) is 0 Å². The molecule has 0 fully saturated rings. The third-order valence-corrected chi connectivity index (χ3v) is 3.71. The van der Waals surface area contributed by atoms with Gasteiger partial charge in [-0.25, -0.2) is 0 Å². The van der Waals surface area contributed by atoms with Gasteiger partial charge >= 0.3 is 0 Å². The largest absolute Gasteiger partial charge is 0.469 e. The second-order valence-corrected chi connectivity index (χ2v) is 5.92. The molecule has 0 aliphatic carbocycles. The molecular formula is C13H14Br2N2O. The van der Waals surface area contributed by atoms with Gasteiger partial charge in [-0.1, -0.05) is 0 Å². The number of hydrogen-bond donors (Lipinski definition) is 1. The Morgan fingerprint density at radius 1 is 1.44 bits per heavy atom. The van der Waals surface area contributed by atoms with Crippen LogP contribution >= 0.6 is 31.9 Å². The second-order valence-electron chi connectivity index (χ2n) is 4.15. The van der Waals surface area contributed by atoms with Gasteiger partial charge in [-0.3, -0.25) is 4.98 Å². The molecule has 0 spiro atoms. The van der Waals surface area contributed by atoms with Crippen LogP contribution in [0.15, 0.2) is 44.0 Å². The molecule has 0 aliphatic rings. The van der Waals surface area contributed by atoms with Crippen LogP contribution in [0.2, 0.25) is 0 Å². The first kappa shape index (κ1) is 13.8. The van der Waals surface area contributed by atoms with Gasteiger partial charge < -0.3 is 9.73 Å². The van der Waals surface area contributed by atoms with E-state index in [-0.39, 0.29) is 0 Å². The quantitative estimate of drug-likeness (QED) is 0.863. The fraction of sp³-hybridized carbons (Fsp3) is 0.308. The van der Waals surface area contributed by atoms with Crippen LogP contribution in [0.1, 0.15) is 18.4 Å². The first-order valence-corrected chi connectivity index (χ1v) is 7.29. The first-order valence-electron chi connectivity index (χ1n) is 5.71. The SMILES string of the molecule is CC(Cc1ccco1)NCc1ncc(Br)cc1Br. The van der Waals surface area contributed by atoms with E-state index < -0.39 is 0 Å². The second kappa shape index (κ2) is 6.50. The Morgan fingerprint density at radius 3 is 2.94 bits per heavy atom. The van der Waals surface area contributed by atoms with Gasteiger partial charge in [0.1, 0.15) is 5.76 Å². The highest BCUT2D eigenvalue weighted by atomic mass is 79.9. The zero-order valence-corrected chi connectivity index (χ0v) is 13.2. The van der Waals surface area contributed by atoms with E-state index in [0.717, 1.165) is 33.4 Å². The summed E-state index contributed by atoms with van der Waals surface area (Å²) < 4.78 is 7.31. The van der Waals surface area contributed by atoms with E-state index in [1.54, 1.807) is 12.5 Å². The summed E-state index contributed by atoms with van der Waals surface area (Å²) in [6.45, 7) is 2.87. The number of hydrogen-bond acceptors (Lipinski definition) is 3. The van der Waals surface area contributed by atoms with Crippen LogP contribution < -0.4 is 5.32 Å². The predicted octanol–water partition coefficient (Wildman–Crippen LogP) is 3.92. The van der Waals surface area contributed by atoms with Gasteiger partial charge in [-0.05, 0) is 57.0 Å². The molecule has 18 heavy (non-hydrogen) atoms. The van der Waals surface area contributed by atoms with E-state index in [0.29, 0.717) is 6.04 Å². The molecule has 96 valence electrons. The van der Waals surface area contributed by atoms with Crippen LogP contribution in [0.5, 0.6) is 0 Å². The van der Waals surface area contributed by atoms with E-state index in [2.05, 4.69) is 49.1 Å². The lowest BCUT2D eigenvalue weighted by Crippen LogP contribution is -2.27. The molecule has 0 radical (unpaired) electrons. The average Bonchev–Trinajstić information content (AvgIpc) is 2.80. The minimum Gasteiger partial charge on any atom is -0.469 e. The number of nitrogens with one attached hydrogen (secondary N) is 1. The normalized spacial score (nSPS) is 12.6. The molecule has 0 saturated carbocycles. The van der Waals surface area contributed by atoms with E-state index in [1.807, 2.05) is 18.2 Å². The van der Waals surface area contributed by atoms with Gasteiger partial charge in [0.25, 0.3) is 0 Å². The van der Waals surface area contributed by atoms with Crippen LogP contribution in [-0.2, 0) is 13.0 Å². The zero-order valence-electron chi connectivity index (χ0n) is 9.99. The highest BCUT2D eigenvalue weighted by Gasteiger charge is 2.07. The van der Waals surface area contributed by atoms with Crippen molar-refractivity contribution in [3.05, 3.63) is 51.1 Å². The average molecular weight is 374 g/mol. The van der Waals surface area contributed by atoms with Crippen LogP contribution in [0, 0.1) is 0 Å². The Balaban J connectivity index is 1.87. The number of nitrogens with zero attached hydrogens (tertiary/aromatic N) is 1. The van der Waals surface area contributed by atoms with E-state index in [9.17, 15) is 0 Å². The van der Waals surface area contributed by atoms with Crippen molar-refractivity contribution in [2.45, 2.75) is 25.9 Å². The van der Waals surface area contributed by atoms with Crippen molar-refractivity contribution in [1.82, 2.24) is 10.3 Å². The minimum atomic E-state index is 0.341. The lowest BCUT2D eigenvalue weighted by molar-refractivity contribution is 0.454. The highest BCUT2D eigenvalue weighted by Crippen LogP contribution is 2.19. The van der Waals surface area contributed by atoms with Gasteiger partial charge in [0.2, 0.25) is 0 Å². The highest BCUT2D eigenvalue weighted by molar-refractivity contribution is 9.11. The molecule has 0 aromatic carbocycles. The van der Waals surface area contributed by atoms with Crippen LogP contribution in [0.4, 0.5) is 0 Å². The Bertz CT molecular complexity index is 500. The van der Waals surface area contributed by atoms with Gasteiger partial charge in [-0.2, -0.15) is 0 Å². The van der Waals surface area contributed by atoms with E-state index in [4.69, 9.17) is 4.42 Å². The molecule has 2 aromatic heterocycles. The topological polar surface area (TPSA) is 38.1 Å². The Morgan fingerprint density at radius 2 is 2.28 bits per heavy atom. The maximum atomic E-state index is 5.32. The molecule has 0 saturated heterocycles. The molecule has 1 unspecified atom stereocenters. The van der Waals surface area contributed by atoms with Crippen LogP contribution in [-0.4, -0.2) is 11.0 Å². The minimum absolute atomic E-state index is 0.341. The van der Waals surface area contributed by atoms with E-state index in [1.165, 1.54) is 0 Å². The summed E-state index contributed by atoms with van der Waals surface area (Å²) in [5, 5.41) is 3.43. The molecule has 0 aliphatic heterocycles. The predicted molar refractivity (Wildman–Crippen MR) is 78.4 cm³/mol. The van der Waals surface area contributed by atoms with Gasteiger partial charge in [0.05, 0.1) is 12.0 Å². The first-order chi connectivity index (χ1) is 8.65. The number of rotatable bonds is 5. The Labute approximate surface area is 123 Å². The van der Waals surface area contributed by atoms with Crippen molar-refractivity contribution in [2.24, 2.45) is 0 Å². The summed E-state index contributed by atoms with van der Waals surface area (Å²) in [4.78, 5) is 4.37. The maximum absolute atomic E-state index is 5.32. The van der Waals surface area contributed by atoms with Gasteiger partial charge in [0, 0.05) is 34.1 Å². The summed E-state index contributed by atoms with van der Waals surface area (Å²) in [6, 6.07) is 6.25. The third-order valence-electron chi connectivity index (χ3n) is 2.59. The van der Waals surface area contributed by atoms with Crippen molar-refractivity contribution in [3.63, 3.8) is 0 Å². The van der Waals surface area contributed by atoms with E-state index >= 15 is 0 Å². The number of aromatic nitrogens is 1. The number of pyridine rings is 1. The fourth-order valence-electron chi connectivity index (χ4n) is 1.65. The zero-order chi connectivity index (χ0) is 13.0. The summed E-state index contributed by atoms with van der Waals surface area (Å²) in [7, 11) is 0. The van der Waals surface area contributed by atoms with Crippen molar-refractivity contribution >= 4 is 31.9 Å². The maximum Gasteiger partial charge on any atom is 0.105 e. The van der Waals surface area contributed by atoms with Gasteiger partial charge in [0.15, 0.2) is 0 Å². The molecule has 1 N–H and O–H groups in total. The molecule has 0 bridgehead atoms. The van der Waals surface area contributed by atoms with Crippen molar-refractivity contribution < 1.29 is 4.42 Å². The van der Waals surface area contributed by atoms with Gasteiger partial charge in [-0.15, -0.1) is 0 Å². The standard InChI is InChI=1S/C13H14Br2N2O/c1-9(5-11-3-2-4-18-11)16-8-13-12(15)6-10(14)7-17-13/h2-4,6-7,9,16H,5,8H2,1H3. The van der Waals surface area contributed by atoms with Crippen LogP contribution in [0.25, 0.3) is 0 Å². The molecule has 1 atom stereocenters. The van der Waals surface area contributed by atoms with Crippen molar-refractivity contribution in [1.29, 1.82) is 0 Å².